The van der Waals surface area contributed by atoms with Crippen LogP contribution in [0, 0.1) is 12.8 Å². The Morgan fingerprint density at radius 1 is 1.27 bits per heavy atom. The summed E-state index contributed by atoms with van der Waals surface area (Å²) in [6, 6.07) is 9.70. The molecule has 0 amide bonds. The fraction of sp³-hybridized carbons (Fsp3) is 0.412. The molecule has 1 saturated heterocycles. The van der Waals surface area contributed by atoms with E-state index in [4.69, 9.17) is 0 Å². The molecule has 1 aliphatic heterocycles. The second-order valence-corrected chi connectivity index (χ2v) is 6.13. The number of aromatic carboxylic acids is 1. The smallest absolute Gasteiger partial charge is 0.238 e. The van der Waals surface area contributed by atoms with E-state index in [2.05, 4.69) is 12.0 Å². The van der Waals surface area contributed by atoms with Gasteiger partial charge >= 0.3 is 0 Å². The quantitative estimate of drug-likeness (QED) is 0.897. The van der Waals surface area contributed by atoms with E-state index < -0.39 is 5.97 Å². The number of benzene rings is 1. The highest BCUT2D eigenvalue weighted by molar-refractivity contribution is 5.91. The molecular weight excluding hydrogens is 278 g/mol. The maximum atomic E-state index is 11.6. The summed E-state index contributed by atoms with van der Waals surface area (Å²) in [7, 11) is 0. The van der Waals surface area contributed by atoms with Gasteiger partial charge in [-0.2, -0.15) is 9.78 Å². The Balaban J connectivity index is 2.11. The SMILES string of the molecule is Cc1nn(-c2ccccc2)c([NH+]2CCC(C)CC2)c1C(=O)[O-]. The molecule has 2 aromatic rings. The summed E-state index contributed by atoms with van der Waals surface area (Å²) in [5.41, 5.74) is 1.65. The number of quaternary nitrogens is 1. The Morgan fingerprint density at radius 3 is 2.50 bits per heavy atom. The van der Waals surface area contributed by atoms with Crippen LogP contribution in [-0.2, 0) is 0 Å². The van der Waals surface area contributed by atoms with E-state index in [1.54, 1.807) is 11.6 Å². The van der Waals surface area contributed by atoms with Crippen molar-refractivity contribution in [3.05, 3.63) is 41.6 Å². The fourth-order valence-corrected chi connectivity index (χ4v) is 3.20. The lowest BCUT2D eigenvalue weighted by Crippen LogP contribution is -3.09. The van der Waals surface area contributed by atoms with Crippen molar-refractivity contribution in [3.63, 3.8) is 0 Å². The first-order valence-electron chi connectivity index (χ1n) is 7.79. The summed E-state index contributed by atoms with van der Waals surface area (Å²) < 4.78 is 1.77. The van der Waals surface area contributed by atoms with Gasteiger partial charge in [0.25, 0.3) is 0 Å². The Hall–Kier alpha value is -2.14. The number of nitrogens with zero attached hydrogens (tertiary/aromatic N) is 2. The van der Waals surface area contributed by atoms with Gasteiger partial charge in [-0.05, 0) is 37.8 Å². The zero-order valence-electron chi connectivity index (χ0n) is 13.0. The maximum Gasteiger partial charge on any atom is 0.238 e. The number of carbonyl (C=O) groups is 1. The van der Waals surface area contributed by atoms with E-state index in [-0.39, 0.29) is 5.56 Å². The molecule has 116 valence electrons. The largest absolute Gasteiger partial charge is 0.544 e. The highest BCUT2D eigenvalue weighted by Gasteiger charge is 2.30. The van der Waals surface area contributed by atoms with Gasteiger partial charge < -0.3 is 9.90 Å². The van der Waals surface area contributed by atoms with E-state index in [9.17, 15) is 9.90 Å². The van der Waals surface area contributed by atoms with Crippen molar-refractivity contribution in [2.75, 3.05) is 13.1 Å². The molecule has 0 atom stereocenters. The topological polar surface area (TPSA) is 62.4 Å². The maximum absolute atomic E-state index is 11.6. The van der Waals surface area contributed by atoms with E-state index in [0.29, 0.717) is 11.6 Å². The van der Waals surface area contributed by atoms with Crippen molar-refractivity contribution in [1.29, 1.82) is 0 Å². The normalized spacial score (nSPS) is 21.7. The summed E-state index contributed by atoms with van der Waals surface area (Å²) in [4.78, 5) is 12.8. The number of aromatic nitrogens is 2. The van der Waals surface area contributed by atoms with Crippen molar-refractivity contribution in [1.82, 2.24) is 9.78 Å². The molecule has 0 bridgehead atoms. The summed E-state index contributed by atoms with van der Waals surface area (Å²) in [6.07, 6.45) is 2.20. The number of carbonyl (C=O) groups excluding carboxylic acids is 1. The molecule has 0 saturated carbocycles. The monoisotopic (exact) mass is 299 g/mol. The van der Waals surface area contributed by atoms with Crippen molar-refractivity contribution >= 4 is 11.8 Å². The van der Waals surface area contributed by atoms with Crippen LogP contribution < -0.4 is 10.0 Å². The van der Waals surface area contributed by atoms with Crippen molar-refractivity contribution in [2.45, 2.75) is 26.7 Å². The minimum absolute atomic E-state index is 0.244. The molecule has 1 N–H and O–H groups in total. The summed E-state index contributed by atoms with van der Waals surface area (Å²) >= 11 is 0. The number of piperidine rings is 1. The first-order chi connectivity index (χ1) is 10.6. The first kappa shape index (κ1) is 14.8. The van der Waals surface area contributed by atoms with Crippen LogP contribution in [0.1, 0.15) is 35.8 Å². The van der Waals surface area contributed by atoms with Gasteiger partial charge in [-0.25, -0.2) is 0 Å². The third kappa shape index (κ3) is 2.64. The molecule has 0 spiro atoms. The van der Waals surface area contributed by atoms with Gasteiger partial charge in [-0.15, -0.1) is 0 Å². The lowest BCUT2D eigenvalue weighted by atomic mass is 9.99. The molecule has 2 heterocycles. The summed E-state index contributed by atoms with van der Waals surface area (Å²) in [5.74, 6) is 0.292. The number of para-hydroxylation sites is 1. The summed E-state index contributed by atoms with van der Waals surface area (Å²) in [6.45, 7) is 5.84. The van der Waals surface area contributed by atoms with Gasteiger partial charge in [0, 0.05) is 0 Å². The van der Waals surface area contributed by atoms with Crippen LogP contribution in [0.2, 0.25) is 0 Å². The van der Waals surface area contributed by atoms with Crippen LogP contribution in [0.15, 0.2) is 30.3 Å². The third-order valence-electron chi connectivity index (χ3n) is 4.48. The van der Waals surface area contributed by atoms with Gasteiger partial charge in [0.05, 0.1) is 30.4 Å². The Labute approximate surface area is 130 Å². The molecule has 0 radical (unpaired) electrons. The molecule has 5 heteroatoms. The highest BCUT2D eigenvalue weighted by atomic mass is 16.4. The zero-order valence-corrected chi connectivity index (χ0v) is 13.0. The van der Waals surface area contributed by atoms with Crippen LogP contribution >= 0.6 is 0 Å². The molecule has 3 rings (SSSR count). The van der Waals surface area contributed by atoms with Crippen LogP contribution in [-0.4, -0.2) is 28.8 Å². The Morgan fingerprint density at radius 2 is 1.91 bits per heavy atom. The number of nitrogens with one attached hydrogen (secondary N) is 1. The van der Waals surface area contributed by atoms with E-state index in [1.807, 2.05) is 30.3 Å². The molecule has 5 nitrogen and oxygen atoms in total. The van der Waals surface area contributed by atoms with Crippen molar-refractivity contribution < 1.29 is 14.8 Å². The fourth-order valence-electron chi connectivity index (χ4n) is 3.20. The number of hydrogen-bond acceptors (Lipinski definition) is 3. The number of rotatable bonds is 3. The molecule has 1 aromatic carbocycles. The molecule has 1 aromatic heterocycles. The second-order valence-electron chi connectivity index (χ2n) is 6.13. The van der Waals surface area contributed by atoms with Crippen molar-refractivity contribution in [3.8, 4) is 5.69 Å². The van der Waals surface area contributed by atoms with E-state index in [1.165, 1.54) is 4.90 Å². The number of aryl methyl sites for hydroxylation is 1. The molecule has 1 aliphatic rings. The number of hydrogen-bond donors (Lipinski definition) is 1. The average molecular weight is 299 g/mol. The molecule has 0 unspecified atom stereocenters. The minimum Gasteiger partial charge on any atom is -0.544 e. The van der Waals surface area contributed by atoms with Crippen LogP contribution in [0.25, 0.3) is 5.69 Å². The lowest BCUT2D eigenvalue weighted by molar-refractivity contribution is -0.843. The Bertz CT molecular complexity index is 671. The highest BCUT2D eigenvalue weighted by Crippen LogP contribution is 2.21. The molecule has 0 aliphatic carbocycles. The van der Waals surface area contributed by atoms with Gasteiger partial charge in [0.2, 0.25) is 5.82 Å². The summed E-state index contributed by atoms with van der Waals surface area (Å²) in [5, 5.41) is 16.1. The standard InChI is InChI=1S/C17H21N3O2/c1-12-8-10-19(11-9-12)16-15(17(21)22)13(2)18-20(16)14-6-4-3-5-7-14/h3-7,12H,8-11H2,1-2H3,(H,21,22). The average Bonchev–Trinajstić information content (AvgIpc) is 2.86. The molecular formula is C17H21N3O2. The van der Waals surface area contributed by atoms with Crippen LogP contribution in [0.4, 0.5) is 5.82 Å². The van der Waals surface area contributed by atoms with Crippen LogP contribution in [0.5, 0.6) is 0 Å². The van der Waals surface area contributed by atoms with Crippen molar-refractivity contribution in [2.24, 2.45) is 5.92 Å². The first-order valence-corrected chi connectivity index (χ1v) is 7.79. The predicted octanol–water partition coefficient (Wildman–Crippen LogP) is 0.491. The Kier molecular flexibility index (Phi) is 3.98. The molecule has 22 heavy (non-hydrogen) atoms. The van der Waals surface area contributed by atoms with Crippen LogP contribution in [0.3, 0.4) is 0 Å². The van der Waals surface area contributed by atoms with Gasteiger partial charge in [-0.1, -0.05) is 25.1 Å². The third-order valence-corrected chi connectivity index (χ3v) is 4.48. The predicted molar refractivity (Wildman–Crippen MR) is 81.4 cm³/mol. The van der Waals surface area contributed by atoms with Gasteiger partial charge in [-0.3, -0.25) is 4.90 Å². The van der Waals surface area contributed by atoms with Gasteiger partial charge in [0.1, 0.15) is 5.56 Å². The number of carboxylic acid groups (broad SMARTS) is 1. The van der Waals surface area contributed by atoms with E-state index >= 15 is 0 Å². The lowest BCUT2D eigenvalue weighted by Gasteiger charge is -2.28. The minimum atomic E-state index is -1.14. The zero-order chi connectivity index (χ0) is 15.7. The number of carboxylic acids is 1. The molecule has 1 fully saturated rings. The van der Waals surface area contributed by atoms with Gasteiger partial charge in [0.15, 0.2) is 0 Å². The van der Waals surface area contributed by atoms with E-state index in [0.717, 1.165) is 37.4 Å². The second kappa shape index (κ2) is 5.93.